The fourth-order valence-corrected chi connectivity index (χ4v) is 2.59. The Morgan fingerprint density at radius 1 is 1.24 bits per heavy atom. The van der Waals surface area contributed by atoms with Gasteiger partial charge in [-0.1, -0.05) is 11.6 Å². The minimum Gasteiger partial charge on any atom is -0.274 e. The summed E-state index contributed by atoms with van der Waals surface area (Å²) in [4.78, 5) is 24.9. The zero-order valence-corrected chi connectivity index (χ0v) is 11.0. The molecule has 2 amide bonds. The summed E-state index contributed by atoms with van der Waals surface area (Å²) in [5.74, 6) is -1.98. The van der Waals surface area contributed by atoms with Gasteiger partial charge in [0.2, 0.25) is 5.91 Å². The number of amides is 2. The number of benzene rings is 1. The number of carbonyl (C=O) groups is 2. The van der Waals surface area contributed by atoms with Gasteiger partial charge in [0.05, 0.1) is 28.7 Å². The first-order chi connectivity index (χ1) is 9.80. The van der Waals surface area contributed by atoms with E-state index in [0.29, 0.717) is 6.07 Å². The van der Waals surface area contributed by atoms with Gasteiger partial charge in [-0.25, -0.2) is 4.90 Å². The van der Waals surface area contributed by atoms with E-state index in [4.69, 9.17) is 11.6 Å². The summed E-state index contributed by atoms with van der Waals surface area (Å²) < 4.78 is 38.5. The average Bonchev–Trinajstić information content (AvgIpc) is 2.95. The first-order valence-electron chi connectivity index (χ1n) is 5.92. The van der Waals surface area contributed by atoms with Crippen molar-refractivity contribution in [2.45, 2.75) is 12.2 Å². The number of hydrogen-bond donors (Lipinski definition) is 0. The molecule has 2 aliphatic rings. The Hall–Kier alpha value is -1.96. The van der Waals surface area contributed by atoms with Crippen LogP contribution in [0.2, 0.25) is 5.02 Å². The number of anilines is 1. The Balaban J connectivity index is 2.04. The van der Waals surface area contributed by atoms with Crippen LogP contribution < -0.4 is 4.90 Å². The third-order valence-electron chi connectivity index (χ3n) is 3.39. The molecule has 0 spiro atoms. The monoisotopic (exact) mass is 317 g/mol. The predicted octanol–water partition coefficient (Wildman–Crippen LogP) is 2.68. The molecule has 0 radical (unpaired) electrons. The molecule has 0 aliphatic carbocycles. The Morgan fingerprint density at radius 3 is 2.57 bits per heavy atom. The van der Waals surface area contributed by atoms with Crippen molar-refractivity contribution in [1.82, 2.24) is 0 Å². The van der Waals surface area contributed by atoms with E-state index >= 15 is 0 Å². The van der Waals surface area contributed by atoms with Gasteiger partial charge in [0.1, 0.15) is 0 Å². The van der Waals surface area contributed by atoms with Crippen LogP contribution in [0.25, 0.3) is 0 Å². The van der Waals surface area contributed by atoms with Crippen LogP contribution in [0, 0.1) is 5.92 Å². The summed E-state index contributed by atoms with van der Waals surface area (Å²) in [6.07, 6.45) is -4.67. The molecule has 0 aromatic heterocycles. The first kappa shape index (κ1) is 14.0. The number of nitrogens with zero attached hydrogens (tertiary/aromatic N) is 3. The van der Waals surface area contributed by atoms with Crippen molar-refractivity contribution >= 4 is 29.1 Å². The van der Waals surface area contributed by atoms with Crippen molar-refractivity contribution in [2.75, 3.05) is 11.4 Å². The Morgan fingerprint density at radius 2 is 1.95 bits per heavy atom. The van der Waals surface area contributed by atoms with Crippen molar-refractivity contribution in [3.8, 4) is 0 Å². The van der Waals surface area contributed by atoms with Gasteiger partial charge in [-0.15, -0.1) is 0 Å². The van der Waals surface area contributed by atoms with E-state index in [1.54, 1.807) is 0 Å². The van der Waals surface area contributed by atoms with E-state index < -0.39 is 40.5 Å². The molecule has 1 saturated heterocycles. The fourth-order valence-electron chi connectivity index (χ4n) is 2.37. The molecule has 5 nitrogen and oxygen atoms in total. The van der Waals surface area contributed by atoms with Crippen LogP contribution in [0.5, 0.6) is 0 Å². The quantitative estimate of drug-likeness (QED) is 0.748. The van der Waals surface area contributed by atoms with Crippen LogP contribution in [-0.4, -0.2) is 24.4 Å². The van der Waals surface area contributed by atoms with Crippen molar-refractivity contribution in [1.29, 1.82) is 0 Å². The topological polar surface area (TPSA) is 62.1 Å². The maximum absolute atomic E-state index is 12.8. The second-order valence-electron chi connectivity index (χ2n) is 4.66. The van der Waals surface area contributed by atoms with Gasteiger partial charge in [0.25, 0.3) is 5.91 Å². The molecule has 110 valence electrons. The Labute approximate surface area is 121 Å². The third-order valence-corrected chi connectivity index (χ3v) is 3.72. The van der Waals surface area contributed by atoms with E-state index in [1.807, 2.05) is 0 Å². The fraction of sp³-hybridized carbons (Fsp3) is 0.333. The summed E-state index contributed by atoms with van der Waals surface area (Å²) in [5, 5.41) is 6.79. The largest absolute Gasteiger partial charge is 0.417 e. The molecule has 2 atom stereocenters. The van der Waals surface area contributed by atoms with Crippen LogP contribution in [0.3, 0.4) is 0 Å². The molecule has 1 fully saturated rings. The molecule has 9 heteroatoms. The summed E-state index contributed by atoms with van der Waals surface area (Å²) in [6, 6.07) is 1.97. The van der Waals surface area contributed by atoms with Crippen molar-refractivity contribution < 1.29 is 22.8 Å². The van der Waals surface area contributed by atoms with E-state index in [0.717, 1.165) is 11.0 Å². The number of imide groups is 1. The third kappa shape index (κ3) is 2.10. The average molecular weight is 318 g/mol. The number of fused-ring (bicyclic) bond motifs is 1. The lowest BCUT2D eigenvalue weighted by atomic mass is 10.1. The van der Waals surface area contributed by atoms with Crippen molar-refractivity contribution in [3.05, 3.63) is 28.8 Å². The van der Waals surface area contributed by atoms with Gasteiger partial charge in [0.15, 0.2) is 6.04 Å². The van der Waals surface area contributed by atoms with Crippen LogP contribution >= 0.6 is 11.6 Å². The molecule has 1 aromatic carbocycles. The number of rotatable bonds is 1. The smallest absolute Gasteiger partial charge is 0.274 e. The van der Waals surface area contributed by atoms with Crippen LogP contribution in [0.4, 0.5) is 18.9 Å². The van der Waals surface area contributed by atoms with E-state index in [1.165, 1.54) is 6.07 Å². The molecular weight excluding hydrogens is 311 g/mol. The van der Waals surface area contributed by atoms with Gasteiger partial charge >= 0.3 is 6.18 Å². The standard InChI is InChI=1S/C12H7ClF3N3O2/c13-8-2-1-5(3-7(8)12(14,15)16)19-10(20)6-4-17-18-9(6)11(19)21/h1-3,6,9H,4H2/t6-,9-/m0/s1. The minimum absolute atomic E-state index is 0.0749. The SMILES string of the molecule is O=C1[C@H]2CN=N[C@@H]2C(=O)N1c1ccc(Cl)c(C(F)(F)F)c1. The lowest BCUT2D eigenvalue weighted by Gasteiger charge is -2.17. The van der Waals surface area contributed by atoms with Crippen molar-refractivity contribution in [3.63, 3.8) is 0 Å². The summed E-state index contributed by atoms with van der Waals surface area (Å²) >= 11 is 5.51. The van der Waals surface area contributed by atoms with Crippen LogP contribution in [0.15, 0.2) is 28.4 Å². The zero-order chi connectivity index (χ0) is 15.4. The molecule has 3 rings (SSSR count). The van der Waals surface area contributed by atoms with Crippen LogP contribution in [-0.2, 0) is 15.8 Å². The van der Waals surface area contributed by atoms with E-state index in [-0.39, 0.29) is 12.2 Å². The maximum atomic E-state index is 12.8. The van der Waals surface area contributed by atoms with Gasteiger partial charge in [0, 0.05) is 0 Å². The highest BCUT2D eigenvalue weighted by Gasteiger charge is 2.51. The zero-order valence-electron chi connectivity index (χ0n) is 10.3. The minimum atomic E-state index is -4.67. The Bertz CT molecular complexity index is 674. The van der Waals surface area contributed by atoms with E-state index in [9.17, 15) is 22.8 Å². The second-order valence-corrected chi connectivity index (χ2v) is 5.07. The number of azo groups is 1. The lowest BCUT2D eigenvalue weighted by Crippen LogP contribution is -2.32. The highest BCUT2D eigenvalue weighted by atomic mass is 35.5. The molecule has 2 heterocycles. The Kier molecular flexibility index (Phi) is 3.01. The normalized spacial score (nSPS) is 24.9. The number of hydrogen-bond acceptors (Lipinski definition) is 4. The number of carbonyl (C=O) groups excluding carboxylic acids is 2. The summed E-state index contributed by atoms with van der Waals surface area (Å²) in [6.45, 7) is 0.0749. The lowest BCUT2D eigenvalue weighted by molar-refractivity contribution is -0.137. The predicted molar refractivity (Wildman–Crippen MR) is 65.9 cm³/mol. The van der Waals surface area contributed by atoms with Crippen molar-refractivity contribution in [2.24, 2.45) is 16.1 Å². The molecule has 2 aliphatic heterocycles. The highest BCUT2D eigenvalue weighted by Crippen LogP contribution is 2.39. The molecule has 21 heavy (non-hydrogen) atoms. The highest BCUT2D eigenvalue weighted by molar-refractivity contribution is 6.31. The number of halogens is 4. The molecular formula is C12H7ClF3N3O2. The van der Waals surface area contributed by atoms with Gasteiger partial charge < -0.3 is 0 Å². The summed E-state index contributed by atoms with van der Waals surface area (Å²) in [5.41, 5.74) is -1.26. The molecule has 1 aromatic rings. The van der Waals surface area contributed by atoms with Gasteiger partial charge in [-0.05, 0) is 18.2 Å². The van der Waals surface area contributed by atoms with E-state index in [2.05, 4.69) is 10.2 Å². The summed E-state index contributed by atoms with van der Waals surface area (Å²) in [7, 11) is 0. The first-order valence-corrected chi connectivity index (χ1v) is 6.29. The molecule has 0 saturated carbocycles. The molecule has 0 unspecified atom stereocenters. The van der Waals surface area contributed by atoms with Crippen LogP contribution in [0.1, 0.15) is 5.56 Å². The number of alkyl halides is 3. The van der Waals surface area contributed by atoms with Gasteiger partial charge in [-0.2, -0.15) is 23.4 Å². The molecule has 0 bridgehead atoms. The molecule has 0 N–H and O–H groups in total. The second kappa shape index (κ2) is 4.52. The van der Waals surface area contributed by atoms with Gasteiger partial charge in [-0.3, -0.25) is 9.59 Å². The maximum Gasteiger partial charge on any atom is 0.417 e.